The third-order valence-electron chi connectivity index (χ3n) is 4.82. The molecule has 0 bridgehead atoms. The second kappa shape index (κ2) is 7.07. The van der Waals surface area contributed by atoms with E-state index in [2.05, 4.69) is 27.3 Å². The molecule has 3 rings (SSSR count). The predicted molar refractivity (Wildman–Crippen MR) is 99.3 cm³/mol. The van der Waals surface area contributed by atoms with Gasteiger partial charge in [0.2, 0.25) is 0 Å². The zero-order valence-electron chi connectivity index (χ0n) is 13.3. The van der Waals surface area contributed by atoms with Gasteiger partial charge in [-0.05, 0) is 48.5 Å². The average molecular weight is 427 g/mol. The molecular formula is C17H22IN3O2. The molecule has 2 N–H and O–H groups in total. The monoisotopic (exact) mass is 427 g/mol. The molecule has 0 atom stereocenters. The number of fused-ring (bicyclic) bond motifs is 1. The minimum atomic E-state index is -0.476. The van der Waals surface area contributed by atoms with Crippen molar-refractivity contribution in [2.75, 3.05) is 11.5 Å². The highest BCUT2D eigenvalue weighted by Gasteiger charge is 2.23. The molecule has 1 aromatic heterocycles. The SMILES string of the molecule is COc1cc2nn(C3CCC(CCI)CC3)cc2cc1C(N)=O. The summed E-state index contributed by atoms with van der Waals surface area (Å²) in [6.45, 7) is 0. The fourth-order valence-corrected chi connectivity index (χ4v) is 4.35. The highest BCUT2D eigenvalue weighted by Crippen LogP contribution is 2.35. The molecule has 1 saturated carbocycles. The minimum Gasteiger partial charge on any atom is -0.496 e. The number of alkyl halides is 1. The van der Waals surface area contributed by atoms with Gasteiger partial charge in [0.15, 0.2) is 0 Å². The molecule has 1 amide bonds. The Balaban J connectivity index is 1.84. The van der Waals surface area contributed by atoms with Gasteiger partial charge in [-0.2, -0.15) is 5.10 Å². The summed E-state index contributed by atoms with van der Waals surface area (Å²) in [7, 11) is 1.54. The molecule has 1 aliphatic carbocycles. The highest BCUT2D eigenvalue weighted by molar-refractivity contribution is 14.1. The number of carbonyl (C=O) groups excluding carboxylic acids is 1. The van der Waals surface area contributed by atoms with Crippen molar-refractivity contribution < 1.29 is 9.53 Å². The first-order valence-electron chi connectivity index (χ1n) is 8.05. The van der Waals surface area contributed by atoms with Gasteiger partial charge in [0.05, 0.1) is 24.2 Å². The molecule has 0 unspecified atom stereocenters. The first-order valence-corrected chi connectivity index (χ1v) is 9.57. The standard InChI is InChI=1S/C17H22IN3O2/c1-23-16-9-15-12(8-14(16)17(19)22)10-21(20-15)13-4-2-11(3-5-13)6-7-18/h8-11,13H,2-7H2,1H3,(H2,19,22). The van der Waals surface area contributed by atoms with E-state index in [4.69, 9.17) is 15.6 Å². The largest absolute Gasteiger partial charge is 0.496 e. The van der Waals surface area contributed by atoms with Gasteiger partial charge < -0.3 is 10.5 Å². The zero-order valence-corrected chi connectivity index (χ0v) is 15.5. The Bertz CT molecular complexity index is 705. The van der Waals surface area contributed by atoms with Crippen molar-refractivity contribution in [3.8, 4) is 5.75 Å². The van der Waals surface area contributed by atoms with Crippen LogP contribution >= 0.6 is 22.6 Å². The van der Waals surface area contributed by atoms with E-state index in [-0.39, 0.29) is 0 Å². The summed E-state index contributed by atoms with van der Waals surface area (Å²) in [6.07, 6.45) is 8.27. The van der Waals surface area contributed by atoms with Crippen molar-refractivity contribution in [2.45, 2.75) is 38.1 Å². The summed E-state index contributed by atoms with van der Waals surface area (Å²) in [4.78, 5) is 11.5. The summed E-state index contributed by atoms with van der Waals surface area (Å²) in [5, 5.41) is 5.64. The van der Waals surface area contributed by atoms with Crippen molar-refractivity contribution in [3.63, 3.8) is 0 Å². The number of nitrogens with two attached hydrogens (primary N) is 1. The number of ether oxygens (including phenoxy) is 1. The third-order valence-corrected chi connectivity index (χ3v) is 5.44. The number of hydrogen-bond donors (Lipinski definition) is 1. The number of hydrogen-bond acceptors (Lipinski definition) is 3. The van der Waals surface area contributed by atoms with E-state index in [1.807, 2.05) is 6.20 Å². The van der Waals surface area contributed by atoms with E-state index in [0.717, 1.165) is 16.8 Å². The predicted octanol–water partition coefficient (Wildman–Crippen LogP) is 3.70. The van der Waals surface area contributed by atoms with Gasteiger partial charge in [-0.25, -0.2) is 0 Å². The molecule has 1 fully saturated rings. The van der Waals surface area contributed by atoms with Gasteiger partial charge in [0.1, 0.15) is 5.75 Å². The van der Waals surface area contributed by atoms with Crippen LogP contribution < -0.4 is 10.5 Å². The van der Waals surface area contributed by atoms with Gasteiger partial charge in [-0.15, -0.1) is 0 Å². The zero-order chi connectivity index (χ0) is 16.4. The lowest BCUT2D eigenvalue weighted by Crippen LogP contribution is -2.18. The van der Waals surface area contributed by atoms with Crippen LogP contribution in [0, 0.1) is 5.92 Å². The van der Waals surface area contributed by atoms with Crippen molar-refractivity contribution >= 4 is 39.4 Å². The first-order chi connectivity index (χ1) is 11.1. The molecule has 2 aromatic rings. The fraction of sp³-hybridized carbons (Fsp3) is 0.529. The Labute approximate surface area is 149 Å². The van der Waals surface area contributed by atoms with Crippen LogP contribution in [-0.2, 0) is 0 Å². The van der Waals surface area contributed by atoms with E-state index in [1.165, 1.54) is 36.5 Å². The molecule has 0 saturated heterocycles. The second-order valence-electron chi connectivity index (χ2n) is 6.24. The normalized spacial score (nSPS) is 21.5. The van der Waals surface area contributed by atoms with Crippen LogP contribution in [0.15, 0.2) is 18.3 Å². The van der Waals surface area contributed by atoms with Crippen molar-refractivity contribution in [1.29, 1.82) is 0 Å². The number of methoxy groups -OCH3 is 1. The summed E-state index contributed by atoms with van der Waals surface area (Å²) in [6, 6.07) is 4.03. The number of rotatable bonds is 5. The van der Waals surface area contributed by atoms with Crippen LogP contribution in [-0.4, -0.2) is 27.2 Å². The smallest absolute Gasteiger partial charge is 0.252 e. The third kappa shape index (κ3) is 3.46. The lowest BCUT2D eigenvalue weighted by molar-refractivity contribution is 0.0997. The van der Waals surface area contributed by atoms with Crippen LogP contribution in [0.5, 0.6) is 5.75 Å². The highest BCUT2D eigenvalue weighted by atomic mass is 127. The lowest BCUT2D eigenvalue weighted by atomic mass is 9.85. The molecule has 0 spiro atoms. The number of nitrogens with zero attached hydrogens (tertiary/aromatic N) is 2. The van der Waals surface area contributed by atoms with Crippen molar-refractivity contribution in [2.24, 2.45) is 11.7 Å². The van der Waals surface area contributed by atoms with Gasteiger partial charge in [0.25, 0.3) is 5.91 Å². The van der Waals surface area contributed by atoms with Gasteiger partial charge >= 0.3 is 0 Å². The summed E-state index contributed by atoms with van der Waals surface area (Å²) >= 11 is 2.46. The van der Waals surface area contributed by atoms with Gasteiger partial charge in [0, 0.05) is 17.6 Å². The van der Waals surface area contributed by atoms with Crippen LogP contribution in [0.25, 0.3) is 10.9 Å². The Kier molecular flexibility index (Phi) is 5.08. The number of aromatic nitrogens is 2. The maximum Gasteiger partial charge on any atom is 0.252 e. The van der Waals surface area contributed by atoms with E-state index in [9.17, 15) is 4.79 Å². The molecule has 124 valence electrons. The van der Waals surface area contributed by atoms with Crippen LogP contribution in [0.4, 0.5) is 0 Å². The molecule has 1 heterocycles. The van der Waals surface area contributed by atoms with Gasteiger partial charge in [-0.1, -0.05) is 22.6 Å². The van der Waals surface area contributed by atoms with E-state index < -0.39 is 5.91 Å². The molecule has 23 heavy (non-hydrogen) atoms. The summed E-state index contributed by atoms with van der Waals surface area (Å²) in [5.74, 6) is 0.881. The number of benzene rings is 1. The molecule has 1 aromatic carbocycles. The molecule has 0 aliphatic heterocycles. The van der Waals surface area contributed by atoms with Crippen LogP contribution in [0.3, 0.4) is 0 Å². The Morgan fingerprint density at radius 1 is 1.39 bits per heavy atom. The van der Waals surface area contributed by atoms with Crippen LogP contribution in [0.1, 0.15) is 48.5 Å². The Hall–Kier alpha value is -1.31. The quantitative estimate of drug-likeness (QED) is 0.585. The van der Waals surface area contributed by atoms with Gasteiger partial charge in [-0.3, -0.25) is 9.48 Å². The summed E-state index contributed by atoms with van der Waals surface area (Å²) < 4.78 is 8.57. The number of primary amides is 1. The number of carbonyl (C=O) groups is 1. The molecule has 5 nitrogen and oxygen atoms in total. The molecule has 1 aliphatic rings. The van der Waals surface area contributed by atoms with E-state index in [0.29, 0.717) is 17.4 Å². The van der Waals surface area contributed by atoms with Crippen LogP contribution in [0.2, 0.25) is 0 Å². The molecule has 6 heteroatoms. The van der Waals surface area contributed by atoms with E-state index >= 15 is 0 Å². The maximum absolute atomic E-state index is 11.5. The number of amides is 1. The Morgan fingerprint density at radius 3 is 2.74 bits per heavy atom. The lowest BCUT2D eigenvalue weighted by Gasteiger charge is -2.28. The molecular weight excluding hydrogens is 405 g/mol. The van der Waals surface area contributed by atoms with E-state index in [1.54, 1.807) is 19.2 Å². The topological polar surface area (TPSA) is 70.1 Å². The van der Waals surface area contributed by atoms with Crippen molar-refractivity contribution in [3.05, 3.63) is 23.9 Å². The fourth-order valence-electron chi connectivity index (χ4n) is 3.47. The number of halogens is 1. The summed E-state index contributed by atoms with van der Waals surface area (Å²) in [5.41, 5.74) is 6.68. The van der Waals surface area contributed by atoms with Crippen molar-refractivity contribution in [1.82, 2.24) is 9.78 Å². The first kappa shape index (κ1) is 16.5. The maximum atomic E-state index is 11.5. The Morgan fingerprint density at radius 2 is 2.13 bits per heavy atom. The average Bonchev–Trinajstić information content (AvgIpc) is 2.97. The molecule has 0 radical (unpaired) electrons. The second-order valence-corrected chi connectivity index (χ2v) is 7.32. The minimum absolute atomic E-state index is 0.408.